The predicted molar refractivity (Wildman–Crippen MR) is 126 cm³/mol. The first-order chi connectivity index (χ1) is 16.2. The van der Waals surface area contributed by atoms with Crippen molar-refractivity contribution >= 4 is 50.2 Å². The largest absolute Gasteiger partial charge is 0.467 e. The fourth-order valence-electron chi connectivity index (χ4n) is 4.52. The summed E-state index contributed by atoms with van der Waals surface area (Å²) >= 11 is 5.99. The molecule has 2 aromatic carbocycles. The number of sulfonamides is 1. The second kappa shape index (κ2) is 9.89. The number of likely N-dealkylation sites (tertiary alicyclic amines) is 2. The van der Waals surface area contributed by atoms with Crippen molar-refractivity contribution in [1.29, 1.82) is 0 Å². The minimum atomic E-state index is -3.97. The summed E-state index contributed by atoms with van der Waals surface area (Å²) in [7, 11) is -2.70. The van der Waals surface area contributed by atoms with E-state index in [0.29, 0.717) is 49.2 Å². The van der Waals surface area contributed by atoms with Crippen molar-refractivity contribution < 1.29 is 27.5 Å². The van der Waals surface area contributed by atoms with Gasteiger partial charge in [0.15, 0.2) is 0 Å². The Morgan fingerprint density at radius 3 is 2.56 bits per heavy atom. The summed E-state index contributed by atoms with van der Waals surface area (Å²) in [6.07, 6.45) is 2.08. The lowest BCUT2D eigenvalue weighted by Crippen LogP contribution is -2.55. The molecule has 2 aliphatic rings. The van der Waals surface area contributed by atoms with Gasteiger partial charge in [0.2, 0.25) is 21.8 Å². The number of carbonyl (C=O) groups is 3. The number of nitrogens with one attached hydrogen (secondary N) is 1. The van der Waals surface area contributed by atoms with E-state index in [1.165, 1.54) is 29.0 Å². The number of methoxy groups -OCH3 is 1. The standard InChI is InChI=1S/C23H26ClN3O6S/c1-33-23(30)20-5-3-11-27(20)21(28)14-26-10-2-4-19(22(26)29)25-34(31,32)18-9-7-15-12-17(24)8-6-16(15)13-18/h6-9,12-13,19-20,25H,2-5,10-11,14H2,1H3/t19-,20-/m0/s1. The first-order valence-corrected chi connectivity index (χ1v) is 12.9. The molecule has 2 fully saturated rings. The van der Waals surface area contributed by atoms with Crippen LogP contribution in [0.4, 0.5) is 0 Å². The fourth-order valence-corrected chi connectivity index (χ4v) is 5.96. The van der Waals surface area contributed by atoms with Gasteiger partial charge in [-0.2, -0.15) is 4.72 Å². The van der Waals surface area contributed by atoms with Gasteiger partial charge in [0.1, 0.15) is 12.1 Å². The smallest absolute Gasteiger partial charge is 0.328 e. The van der Waals surface area contributed by atoms with E-state index in [2.05, 4.69) is 4.72 Å². The van der Waals surface area contributed by atoms with Gasteiger partial charge < -0.3 is 14.5 Å². The van der Waals surface area contributed by atoms with Crippen molar-refractivity contribution in [2.24, 2.45) is 0 Å². The Morgan fingerprint density at radius 1 is 1.09 bits per heavy atom. The zero-order valence-electron chi connectivity index (χ0n) is 18.7. The molecule has 0 aliphatic carbocycles. The number of hydrogen-bond donors (Lipinski definition) is 1. The third-order valence-corrected chi connectivity index (χ3v) is 7.99. The summed E-state index contributed by atoms with van der Waals surface area (Å²) in [6, 6.07) is 8.20. The van der Waals surface area contributed by atoms with Crippen LogP contribution in [0.5, 0.6) is 0 Å². The Balaban J connectivity index is 1.45. The van der Waals surface area contributed by atoms with Crippen LogP contribution in [0.25, 0.3) is 10.8 Å². The fraction of sp³-hybridized carbons (Fsp3) is 0.435. The first kappa shape index (κ1) is 24.4. The Morgan fingerprint density at radius 2 is 1.79 bits per heavy atom. The number of hydrogen-bond acceptors (Lipinski definition) is 6. The van der Waals surface area contributed by atoms with Gasteiger partial charge in [-0.3, -0.25) is 9.59 Å². The topological polar surface area (TPSA) is 113 Å². The van der Waals surface area contributed by atoms with Gasteiger partial charge in [0.05, 0.1) is 18.6 Å². The zero-order chi connectivity index (χ0) is 24.5. The summed E-state index contributed by atoms with van der Waals surface area (Å²) in [6.45, 7) is 0.557. The molecule has 2 saturated heterocycles. The van der Waals surface area contributed by atoms with E-state index in [1.807, 2.05) is 0 Å². The van der Waals surface area contributed by atoms with Gasteiger partial charge in [-0.1, -0.05) is 23.7 Å². The normalized spacial score (nSPS) is 21.2. The Labute approximate surface area is 203 Å². The highest BCUT2D eigenvalue weighted by atomic mass is 35.5. The highest BCUT2D eigenvalue weighted by Crippen LogP contribution is 2.24. The molecule has 0 unspecified atom stereocenters. The van der Waals surface area contributed by atoms with Crippen molar-refractivity contribution in [3.05, 3.63) is 41.4 Å². The quantitative estimate of drug-likeness (QED) is 0.598. The van der Waals surface area contributed by atoms with Crippen LogP contribution in [-0.4, -0.2) is 74.8 Å². The molecule has 34 heavy (non-hydrogen) atoms. The number of halogens is 1. The number of fused-ring (bicyclic) bond motifs is 1. The lowest BCUT2D eigenvalue weighted by Gasteiger charge is -2.33. The van der Waals surface area contributed by atoms with E-state index in [9.17, 15) is 22.8 Å². The van der Waals surface area contributed by atoms with Crippen LogP contribution >= 0.6 is 11.6 Å². The van der Waals surface area contributed by atoms with Gasteiger partial charge in [0, 0.05) is 18.1 Å². The lowest BCUT2D eigenvalue weighted by molar-refractivity contribution is -0.152. The number of benzene rings is 2. The maximum absolute atomic E-state index is 13.0. The molecular formula is C23H26ClN3O6S. The molecule has 0 spiro atoms. The number of amides is 2. The average Bonchev–Trinajstić information content (AvgIpc) is 3.31. The number of piperidine rings is 1. The zero-order valence-corrected chi connectivity index (χ0v) is 20.3. The van der Waals surface area contributed by atoms with Crippen LogP contribution < -0.4 is 4.72 Å². The maximum Gasteiger partial charge on any atom is 0.328 e. The molecule has 9 nitrogen and oxygen atoms in total. The number of esters is 1. The molecule has 0 saturated carbocycles. The van der Waals surface area contributed by atoms with E-state index in [1.54, 1.807) is 24.3 Å². The Kier molecular flexibility index (Phi) is 7.11. The number of carbonyl (C=O) groups excluding carboxylic acids is 3. The van der Waals surface area contributed by atoms with Crippen molar-refractivity contribution in [2.75, 3.05) is 26.7 Å². The average molecular weight is 508 g/mol. The van der Waals surface area contributed by atoms with Crippen LogP contribution in [0.3, 0.4) is 0 Å². The third-order valence-electron chi connectivity index (χ3n) is 6.28. The van der Waals surface area contributed by atoms with Gasteiger partial charge in [-0.15, -0.1) is 0 Å². The third kappa shape index (κ3) is 5.03. The molecule has 2 amide bonds. The molecule has 2 atom stereocenters. The molecule has 0 bridgehead atoms. The molecule has 1 N–H and O–H groups in total. The van der Waals surface area contributed by atoms with Crippen LogP contribution in [0, 0.1) is 0 Å². The van der Waals surface area contributed by atoms with Crippen molar-refractivity contribution in [3.8, 4) is 0 Å². The molecule has 2 aliphatic heterocycles. The monoisotopic (exact) mass is 507 g/mol. The highest BCUT2D eigenvalue weighted by molar-refractivity contribution is 7.89. The highest BCUT2D eigenvalue weighted by Gasteiger charge is 2.38. The van der Waals surface area contributed by atoms with E-state index < -0.39 is 34.0 Å². The Bertz CT molecular complexity index is 1230. The Hall–Kier alpha value is -2.69. The summed E-state index contributed by atoms with van der Waals surface area (Å²) in [5.41, 5.74) is 0. The summed E-state index contributed by atoms with van der Waals surface area (Å²) in [5.74, 6) is -1.28. The summed E-state index contributed by atoms with van der Waals surface area (Å²) in [4.78, 5) is 40.6. The molecule has 0 aromatic heterocycles. The molecule has 4 rings (SSSR count). The van der Waals surface area contributed by atoms with E-state index in [4.69, 9.17) is 16.3 Å². The van der Waals surface area contributed by atoms with Crippen molar-refractivity contribution in [1.82, 2.24) is 14.5 Å². The maximum atomic E-state index is 13.0. The van der Waals surface area contributed by atoms with Crippen LogP contribution in [0.1, 0.15) is 25.7 Å². The van der Waals surface area contributed by atoms with Crippen LogP contribution in [0.2, 0.25) is 5.02 Å². The SMILES string of the molecule is COC(=O)[C@@H]1CCCN1C(=O)CN1CCC[C@H](NS(=O)(=O)c2ccc3cc(Cl)ccc3c2)C1=O. The van der Waals surface area contributed by atoms with E-state index >= 15 is 0 Å². The van der Waals surface area contributed by atoms with Crippen molar-refractivity contribution in [3.63, 3.8) is 0 Å². The minimum absolute atomic E-state index is 0.0429. The van der Waals surface area contributed by atoms with E-state index in [-0.39, 0.29) is 17.3 Å². The van der Waals surface area contributed by atoms with Crippen molar-refractivity contribution in [2.45, 2.75) is 42.7 Å². The van der Waals surface area contributed by atoms with Gasteiger partial charge in [-0.25, -0.2) is 13.2 Å². The first-order valence-electron chi connectivity index (χ1n) is 11.1. The van der Waals surface area contributed by atoms with Gasteiger partial charge in [-0.05, 0) is 60.7 Å². The number of ether oxygens (including phenoxy) is 1. The second-order valence-corrected chi connectivity index (χ2v) is 10.6. The molecule has 2 aromatic rings. The van der Waals surface area contributed by atoms with Gasteiger partial charge in [0.25, 0.3) is 0 Å². The van der Waals surface area contributed by atoms with Gasteiger partial charge >= 0.3 is 5.97 Å². The lowest BCUT2D eigenvalue weighted by atomic mass is 10.1. The predicted octanol–water partition coefficient (Wildman–Crippen LogP) is 1.93. The number of rotatable bonds is 6. The molecule has 11 heteroatoms. The molecule has 182 valence electrons. The van der Waals surface area contributed by atoms with Crippen LogP contribution in [-0.2, 0) is 29.1 Å². The molecular weight excluding hydrogens is 482 g/mol. The summed E-state index contributed by atoms with van der Waals surface area (Å²) < 4.78 is 33.3. The number of nitrogens with zero attached hydrogens (tertiary/aromatic N) is 2. The minimum Gasteiger partial charge on any atom is -0.467 e. The van der Waals surface area contributed by atoms with Crippen LogP contribution in [0.15, 0.2) is 41.3 Å². The molecule has 2 heterocycles. The second-order valence-electron chi connectivity index (χ2n) is 8.50. The van der Waals surface area contributed by atoms with E-state index in [0.717, 1.165) is 5.39 Å². The summed E-state index contributed by atoms with van der Waals surface area (Å²) in [5, 5.41) is 2.06. The molecule has 0 radical (unpaired) electrons.